The average molecular weight is 462 g/mol. The minimum atomic E-state index is -1.04. The molecule has 1 unspecified atom stereocenters. The molecular weight excluding hydrogens is 430 g/mol. The molecule has 0 amide bonds. The highest BCUT2D eigenvalue weighted by molar-refractivity contribution is 5.55. The number of aromatic nitrogens is 3. The Morgan fingerprint density at radius 3 is 2.73 bits per heavy atom. The highest BCUT2D eigenvalue weighted by Crippen LogP contribution is 2.41. The second-order valence-corrected chi connectivity index (χ2v) is 8.37. The minimum Gasteiger partial charge on any atom is -0.483 e. The number of aliphatic hydroxyl groups is 3. The van der Waals surface area contributed by atoms with E-state index >= 15 is 0 Å². The van der Waals surface area contributed by atoms with Crippen molar-refractivity contribution in [1.82, 2.24) is 15.0 Å². The first kappa shape index (κ1) is 23.4. The summed E-state index contributed by atoms with van der Waals surface area (Å²) in [7, 11) is 3.19. The van der Waals surface area contributed by atoms with Crippen molar-refractivity contribution < 1.29 is 29.5 Å². The van der Waals surface area contributed by atoms with Crippen LogP contribution in [0.2, 0.25) is 0 Å². The number of fused-ring (bicyclic) bond motifs is 1. The molecule has 2 aromatic rings. The Hall–Kier alpha value is -2.73. The second-order valence-electron chi connectivity index (χ2n) is 8.37. The average Bonchev–Trinajstić information content (AvgIpc) is 3.34. The monoisotopic (exact) mass is 461 g/mol. The van der Waals surface area contributed by atoms with Gasteiger partial charge < -0.3 is 40.2 Å². The van der Waals surface area contributed by atoms with Crippen LogP contribution in [0.15, 0.2) is 12.3 Å². The van der Waals surface area contributed by atoms with Crippen molar-refractivity contribution in [3.8, 4) is 11.6 Å². The summed E-state index contributed by atoms with van der Waals surface area (Å²) in [6.45, 7) is 2.70. The molecule has 1 fully saturated rings. The number of methoxy groups -OCH3 is 2. The number of aliphatic hydroxyl groups excluding tert-OH is 3. The van der Waals surface area contributed by atoms with E-state index in [9.17, 15) is 15.3 Å². The summed E-state index contributed by atoms with van der Waals surface area (Å²) in [5, 5.41) is 36.7. The summed E-state index contributed by atoms with van der Waals surface area (Å²) in [5.41, 5.74) is 2.45. The van der Waals surface area contributed by atoms with E-state index in [0.717, 1.165) is 16.8 Å². The molecule has 0 radical (unpaired) electrons. The third-order valence-electron chi connectivity index (χ3n) is 6.21. The molecule has 5 atom stereocenters. The van der Waals surface area contributed by atoms with Gasteiger partial charge in [-0.05, 0) is 13.3 Å². The number of pyridine rings is 1. The van der Waals surface area contributed by atoms with Gasteiger partial charge in [-0.3, -0.25) is 0 Å². The Morgan fingerprint density at radius 1 is 1.21 bits per heavy atom. The van der Waals surface area contributed by atoms with Gasteiger partial charge >= 0.3 is 0 Å². The molecule has 1 aliphatic carbocycles. The fourth-order valence-electron chi connectivity index (χ4n) is 4.44. The van der Waals surface area contributed by atoms with Crippen LogP contribution in [0.1, 0.15) is 29.3 Å². The Bertz CT molecular complexity index is 977. The first-order valence-corrected chi connectivity index (χ1v) is 11.0. The van der Waals surface area contributed by atoms with E-state index in [1.54, 1.807) is 20.4 Å². The number of aryl methyl sites for hydroxylation is 1. The molecule has 11 heteroatoms. The number of anilines is 2. The molecule has 180 valence electrons. The second kappa shape index (κ2) is 10.0. The molecule has 4 rings (SSSR count). The first-order valence-electron chi connectivity index (χ1n) is 11.0. The third kappa shape index (κ3) is 4.81. The quantitative estimate of drug-likeness (QED) is 0.331. The number of hydrogen-bond acceptors (Lipinski definition) is 11. The minimum absolute atomic E-state index is 0.203. The molecule has 2 aromatic heterocycles. The van der Waals surface area contributed by atoms with Crippen LogP contribution in [0, 0.1) is 12.8 Å². The van der Waals surface area contributed by atoms with Crippen LogP contribution in [0.5, 0.6) is 11.6 Å². The van der Waals surface area contributed by atoms with Gasteiger partial charge in [0.1, 0.15) is 23.8 Å². The van der Waals surface area contributed by atoms with Crippen LogP contribution in [0.25, 0.3) is 0 Å². The van der Waals surface area contributed by atoms with Crippen molar-refractivity contribution in [2.45, 2.75) is 44.1 Å². The molecule has 5 N–H and O–H groups in total. The van der Waals surface area contributed by atoms with Crippen LogP contribution in [0.4, 0.5) is 11.8 Å². The van der Waals surface area contributed by atoms with E-state index in [0.29, 0.717) is 49.4 Å². The van der Waals surface area contributed by atoms with Crippen LogP contribution in [-0.4, -0.2) is 82.5 Å². The lowest BCUT2D eigenvalue weighted by Crippen LogP contribution is -2.36. The van der Waals surface area contributed by atoms with Gasteiger partial charge in [0.05, 0.1) is 43.3 Å². The zero-order valence-corrected chi connectivity index (χ0v) is 19.0. The van der Waals surface area contributed by atoms with Gasteiger partial charge in [-0.25, -0.2) is 9.97 Å². The maximum Gasteiger partial charge on any atom is 0.224 e. The van der Waals surface area contributed by atoms with Crippen LogP contribution in [-0.2, 0) is 11.2 Å². The molecule has 1 aliphatic heterocycles. The van der Waals surface area contributed by atoms with Gasteiger partial charge in [0.25, 0.3) is 0 Å². The largest absolute Gasteiger partial charge is 0.483 e. The highest BCUT2D eigenvalue weighted by Gasteiger charge is 2.42. The maximum absolute atomic E-state index is 10.5. The van der Waals surface area contributed by atoms with Crippen LogP contribution in [0.3, 0.4) is 0 Å². The summed E-state index contributed by atoms with van der Waals surface area (Å²) in [5.74, 6) is 1.70. The van der Waals surface area contributed by atoms with Crippen molar-refractivity contribution in [2.75, 3.05) is 44.6 Å². The molecule has 3 heterocycles. The Balaban J connectivity index is 1.64. The SMILES string of the molecule is COCCNc1nc(C)c(C2Cc3cc(OC)ncc3O2)c(N[C@@H]2C[C@H](CO)[C@@H](O)[C@H]2O)n1. The molecule has 1 saturated carbocycles. The van der Waals surface area contributed by atoms with Gasteiger partial charge in [0.2, 0.25) is 11.8 Å². The Kier molecular flexibility index (Phi) is 7.13. The van der Waals surface area contributed by atoms with Gasteiger partial charge in [-0.2, -0.15) is 4.98 Å². The Labute approximate surface area is 192 Å². The smallest absolute Gasteiger partial charge is 0.224 e. The standard InChI is InChI=1S/C22H31N5O6/c1-11-18(15-7-12-8-17(32-3)24-9-16(12)33-15)21(27-22(25-11)23-4-5-31-2)26-14-6-13(10-28)19(29)20(14)30/h8-9,13-15,19-20,28-30H,4-7,10H2,1-3H3,(H2,23,25,26,27)/t13-,14-,15?,19-,20+/m1/s1. The van der Waals surface area contributed by atoms with Crippen molar-refractivity contribution >= 4 is 11.8 Å². The molecule has 33 heavy (non-hydrogen) atoms. The number of nitrogens with one attached hydrogen (secondary N) is 2. The zero-order valence-electron chi connectivity index (χ0n) is 19.0. The van der Waals surface area contributed by atoms with E-state index in [4.69, 9.17) is 14.2 Å². The fourth-order valence-corrected chi connectivity index (χ4v) is 4.44. The van der Waals surface area contributed by atoms with Gasteiger partial charge in [-0.15, -0.1) is 0 Å². The number of nitrogens with zero attached hydrogens (tertiary/aromatic N) is 3. The molecule has 2 aliphatic rings. The molecular formula is C22H31N5O6. The van der Waals surface area contributed by atoms with E-state index in [-0.39, 0.29) is 12.7 Å². The van der Waals surface area contributed by atoms with Crippen molar-refractivity contribution in [2.24, 2.45) is 5.92 Å². The summed E-state index contributed by atoms with van der Waals surface area (Å²) in [4.78, 5) is 13.5. The van der Waals surface area contributed by atoms with E-state index in [1.807, 2.05) is 13.0 Å². The summed E-state index contributed by atoms with van der Waals surface area (Å²) in [6.07, 6.45) is 0.218. The predicted molar refractivity (Wildman–Crippen MR) is 120 cm³/mol. The lowest BCUT2D eigenvalue weighted by Gasteiger charge is -2.24. The molecule has 0 saturated heterocycles. The fraction of sp³-hybridized carbons (Fsp3) is 0.591. The molecule has 0 spiro atoms. The zero-order chi connectivity index (χ0) is 23.5. The molecule has 0 aromatic carbocycles. The normalized spacial score (nSPS) is 26.1. The number of ether oxygens (including phenoxy) is 3. The van der Waals surface area contributed by atoms with Crippen molar-refractivity contribution in [3.63, 3.8) is 0 Å². The molecule has 0 bridgehead atoms. The van der Waals surface area contributed by atoms with Crippen LogP contribution >= 0.6 is 0 Å². The summed E-state index contributed by atoms with van der Waals surface area (Å²) < 4.78 is 16.5. The topological polar surface area (TPSA) is 151 Å². The highest BCUT2D eigenvalue weighted by atomic mass is 16.5. The lowest BCUT2D eigenvalue weighted by atomic mass is 10.0. The predicted octanol–water partition coefficient (Wildman–Crippen LogP) is 0.438. The van der Waals surface area contributed by atoms with E-state index < -0.39 is 24.2 Å². The maximum atomic E-state index is 10.5. The number of rotatable bonds is 9. The summed E-state index contributed by atoms with van der Waals surface area (Å²) in [6, 6.07) is 1.37. The van der Waals surface area contributed by atoms with E-state index in [2.05, 4.69) is 25.6 Å². The third-order valence-corrected chi connectivity index (χ3v) is 6.21. The van der Waals surface area contributed by atoms with Crippen molar-refractivity contribution in [3.05, 3.63) is 29.1 Å². The lowest BCUT2D eigenvalue weighted by molar-refractivity contribution is 0.00444. The number of hydrogen-bond donors (Lipinski definition) is 5. The van der Waals surface area contributed by atoms with Gasteiger partial charge in [0.15, 0.2) is 0 Å². The van der Waals surface area contributed by atoms with Gasteiger partial charge in [-0.1, -0.05) is 0 Å². The Morgan fingerprint density at radius 2 is 2.03 bits per heavy atom. The molecule has 11 nitrogen and oxygen atoms in total. The van der Waals surface area contributed by atoms with E-state index in [1.165, 1.54) is 0 Å². The van der Waals surface area contributed by atoms with Crippen LogP contribution < -0.4 is 20.1 Å². The first-order chi connectivity index (χ1) is 15.9. The summed E-state index contributed by atoms with van der Waals surface area (Å²) >= 11 is 0. The van der Waals surface area contributed by atoms with Crippen molar-refractivity contribution in [1.29, 1.82) is 0 Å². The van der Waals surface area contributed by atoms with Gasteiger partial charge in [0, 0.05) is 44.2 Å².